The quantitative estimate of drug-likeness (QED) is 0.849. The smallest absolute Gasteiger partial charge is 0.270 e. The number of hydrogen-bond donors (Lipinski definition) is 1. The van der Waals surface area contributed by atoms with Gasteiger partial charge in [0, 0.05) is 36.3 Å². The minimum Gasteiger partial charge on any atom is -0.350 e. The monoisotopic (exact) mass is 341 g/mol. The van der Waals surface area contributed by atoms with Crippen molar-refractivity contribution in [3.63, 3.8) is 0 Å². The van der Waals surface area contributed by atoms with Gasteiger partial charge in [0.25, 0.3) is 5.91 Å². The number of nitrogens with zero attached hydrogens (tertiary/aromatic N) is 2. The van der Waals surface area contributed by atoms with Crippen molar-refractivity contribution in [3.8, 4) is 11.8 Å². The van der Waals surface area contributed by atoms with E-state index >= 15 is 0 Å². The van der Waals surface area contributed by atoms with Crippen molar-refractivity contribution >= 4 is 17.5 Å². The summed E-state index contributed by atoms with van der Waals surface area (Å²) in [5.41, 5.74) is 2.71. The van der Waals surface area contributed by atoms with E-state index in [0.717, 1.165) is 16.7 Å². The highest BCUT2D eigenvalue weighted by Gasteiger charge is 2.15. The maximum Gasteiger partial charge on any atom is 0.270 e. The Bertz CT molecular complexity index is 813. The zero-order valence-corrected chi connectivity index (χ0v) is 15.0. The zero-order valence-electron chi connectivity index (χ0n) is 14.3. The van der Waals surface area contributed by atoms with Crippen LogP contribution in [0.3, 0.4) is 0 Å². The van der Waals surface area contributed by atoms with E-state index in [1.807, 2.05) is 13.0 Å². The molecule has 0 aliphatic rings. The number of aromatic nitrogens is 2. The van der Waals surface area contributed by atoms with E-state index in [4.69, 9.17) is 11.6 Å². The van der Waals surface area contributed by atoms with E-state index in [1.54, 1.807) is 24.7 Å². The molecule has 0 saturated carbocycles. The molecule has 0 fully saturated rings. The molecule has 2 heterocycles. The van der Waals surface area contributed by atoms with Crippen LogP contribution in [0.15, 0.2) is 30.7 Å². The standard InChI is InChI=1S/C19H20ClN3O/c1-13-7-14(5-6-15-8-16(20)11-21-9-15)10-22-17(13)18(24)23-12-19(2,3)4/h7-11H,12H2,1-4H3,(H,23,24). The predicted octanol–water partition coefficient (Wildman–Crippen LogP) is 3.61. The number of rotatable bonds is 2. The van der Waals surface area contributed by atoms with Gasteiger partial charge in [0.15, 0.2) is 0 Å². The molecule has 24 heavy (non-hydrogen) atoms. The molecule has 0 aliphatic heterocycles. The van der Waals surface area contributed by atoms with Gasteiger partial charge in [0.2, 0.25) is 0 Å². The van der Waals surface area contributed by atoms with Crippen molar-refractivity contribution in [2.24, 2.45) is 5.41 Å². The summed E-state index contributed by atoms with van der Waals surface area (Å²) in [6.07, 6.45) is 4.81. The summed E-state index contributed by atoms with van der Waals surface area (Å²) in [7, 11) is 0. The van der Waals surface area contributed by atoms with Gasteiger partial charge in [-0.05, 0) is 30.0 Å². The van der Waals surface area contributed by atoms with Crippen LogP contribution in [-0.2, 0) is 0 Å². The first-order valence-electron chi connectivity index (χ1n) is 7.62. The number of amides is 1. The maximum atomic E-state index is 12.2. The van der Waals surface area contributed by atoms with Crippen molar-refractivity contribution in [1.82, 2.24) is 15.3 Å². The van der Waals surface area contributed by atoms with Gasteiger partial charge in [0.05, 0.1) is 5.02 Å². The number of carbonyl (C=O) groups excluding carboxylic acids is 1. The molecule has 2 aromatic rings. The van der Waals surface area contributed by atoms with Crippen LogP contribution in [-0.4, -0.2) is 22.4 Å². The van der Waals surface area contributed by atoms with Crippen LogP contribution >= 0.6 is 11.6 Å². The van der Waals surface area contributed by atoms with Crippen LogP contribution in [0.4, 0.5) is 0 Å². The third-order valence-electron chi connectivity index (χ3n) is 3.13. The topological polar surface area (TPSA) is 54.9 Å². The Balaban J connectivity index is 2.14. The first-order valence-corrected chi connectivity index (χ1v) is 8.00. The van der Waals surface area contributed by atoms with Crippen LogP contribution in [0.2, 0.25) is 5.02 Å². The Hall–Kier alpha value is -2.38. The lowest BCUT2D eigenvalue weighted by Gasteiger charge is -2.18. The molecule has 124 valence electrons. The lowest BCUT2D eigenvalue weighted by molar-refractivity contribution is 0.0933. The highest BCUT2D eigenvalue weighted by atomic mass is 35.5. The van der Waals surface area contributed by atoms with Gasteiger partial charge >= 0.3 is 0 Å². The SMILES string of the molecule is Cc1cc(C#Cc2cncc(Cl)c2)cnc1C(=O)NCC(C)(C)C. The fourth-order valence-corrected chi connectivity index (χ4v) is 2.11. The lowest BCUT2D eigenvalue weighted by atomic mass is 9.97. The van der Waals surface area contributed by atoms with Crippen molar-refractivity contribution in [2.75, 3.05) is 6.54 Å². The largest absolute Gasteiger partial charge is 0.350 e. The summed E-state index contributed by atoms with van der Waals surface area (Å²) in [5, 5.41) is 3.45. The molecular formula is C19H20ClN3O. The second kappa shape index (κ2) is 7.46. The zero-order chi connectivity index (χ0) is 17.7. The molecule has 2 rings (SSSR count). The fraction of sp³-hybridized carbons (Fsp3) is 0.316. The van der Waals surface area contributed by atoms with Gasteiger partial charge in [0.1, 0.15) is 5.69 Å². The van der Waals surface area contributed by atoms with Crippen molar-refractivity contribution in [2.45, 2.75) is 27.7 Å². The molecular weight excluding hydrogens is 322 g/mol. The number of aryl methyl sites for hydroxylation is 1. The van der Waals surface area contributed by atoms with E-state index in [1.165, 1.54) is 0 Å². The number of carbonyl (C=O) groups is 1. The Morgan fingerprint density at radius 1 is 1.17 bits per heavy atom. The molecule has 4 nitrogen and oxygen atoms in total. The van der Waals surface area contributed by atoms with Crippen molar-refractivity contribution < 1.29 is 4.79 Å². The Morgan fingerprint density at radius 3 is 2.42 bits per heavy atom. The summed E-state index contributed by atoms with van der Waals surface area (Å²) >= 11 is 5.88. The minimum atomic E-state index is -0.166. The van der Waals surface area contributed by atoms with Crippen LogP contribution in [0, 0.1) is 24.2 Å². The third kappa shape index (κ3) is 5.36. The van der Waals surface area contributed by atoms with Gasteiger partial charge in [-0.25, -0.2) is 4.98 Å². The first kappa shape index (κ1) is 18.0. The third-order valence-corrected chi connectivity index (χ3v) is 3.34. The summed E-state index contributed by atoms with van der Waals surface area (Å²) < 4.78 is 0. The predicted molar refractivity (Wildman–Crippen MR) is 96.0 cm³/mol. The van der Waals surface area contributed by atoms with Crippen LogP contribution in [0.1, 0.15) is 48.0 Å². The second-order valence-corrected chi connectivity index (χ2v) is 7.21. The van der Waals surface area contributed by atoms with Crippen LogP contribution < -0.4 is 5.32 Å². The molecule has 0 radical (unpaired) electrons. The highest BCUT2D eigenvalue weighted by Crippen LogP contribution is 2.12. The number of pyridine rings is 2. The Labute approximate surface area is 147 Å². The first-order chi connectivity index (χ1) is 11.2. The van der Waals surface area contributed by atoms with E-state index < -0.39 is 0 Å². The fourth-order valence-electron chi connectivity index (χ4n) is 1.93. The molecule has 0 saturated heterocycles. The molecule has 0 spiro atoms. The normalized spacial score (nSPS) is 10.7. The Kier molecular flexibility index (Phi) is 5.58. The number of hydrogen-bond acceptors (Lipinski definition) is 3. The minimum absolute atomic E-state index is 0.0278. The van der Waals surface area contributed by atoms with Crippen molar-refractivity contribution in [3.05, 3.63) is 58.1 Å². The van der Waals surface area contributed by atoms with Gasteiger partial charge in [-0.3, -0.25) is 9.78 Å². The van der Waals surface area contributed by atoms with Crippen LogP contribution in [0.25, 0.3) is 0 Å². The molecule has 1 amide bonds. The highest BCUT2D eigenvalue weighted by molar-refractivity contribution is 6.30. The number of nitrogens with one attached hydrogen (secondary N) is 1. The van der Waals surface area contributed by atoms with Crippen molar-refractivity contribution in [1.29, 1.82) is 0 Å². The van der Waals surface area contributed by atoms with E-state index in [2.05, 4.69) is 47.9 Å². The molecule has 0 aliphatic carbocycles. The molecule has 0 bridgehead atoms. The summed E-state index contributed by atoms with van der Waals surface area (Å²) in [4.78, 5) is 20.4. The molecule has 1 N–H and O–H groups in total. The summed E-state index contributed by atoms with van der Waals surface area (Å²) in [6.45, 7) is 8.65. The van der Waals surface area contributed by atoms with E-state index in [-0.39, 0.29) is 11.3 Å². The lowest BCUT2D eigenvalue weighted by Crippen LogP contribution is -2.33. The molecule has 0 aromatic carbocycles. The summed E-state index contributed by atoms with van der Waals surface area (Å²) in [5.74, 6) is 5.83. The maximum absolute atomic E-state index is 12.2. The van der Waals surface area contributed by atoms with E-state index in [9.17, 15) is 4.79 Å². The molecule has 5 heteroatoms. The Morgan fingerprint density at radius 2 is 1.83 bits per heavy atom. The molecule has 2 aromatic heterocycles. The average molecular weight is 342 g/mol. The van der Waals surface area contributed by atoms with Gasteiger partial charge in [-0.2, -0.15) is 0 Å². The second-order valence-electron chi connectivity index (χ2n) is 6.77. The average Bonchev–Trinajstić information content (AvgIpc) is 2.50. The van der Waals surface area contributed by atoms with Gasteiger partial charge < -0.3 is 5.32 Å². The van der Waals surface area contributed by atoms with Crippen LogP contribution in [0.5, 0.6) is 0 Å². The summed E-state index contributed by atoms with van der Waals surface area (Å²) in [6, 6.07) is 3.60. The molecule has 0 unspecified atom stereocenters. The van der Waals surface area contributed by atoms with E-state index in [0.29, 0.717) is 17.3 Å². The number of halogens is 1. The van der Waals surface area contributed by atoms with Gasteiger partial charge in [-0.1, -0.05) is 44.2 Å². The molecule has 0 atom stereocenters. The van der Waals surface area contributed by atoms with Gasteiger partial charge in [-0.15, -0.1) is 0 Å².